The van der Waals surface area contributed by atoms with Crippen molar-refractivity contribution in [1.29, 1.82) is 5.26 Å². The number of benzene rings is 2. The van der Waals surface area contributed by atoms with E-state index in [2.05, 4.69) is 58.6 Å². The lowest BCUT2D eigenvalue weighted by atomic mass is 9.49. The first-order valence-electron chi connectivity index (χ1n) is 17.9. The van der Waals surface area contributed by atoms with E-state index in [1.807, 2.05) is 12.1 Å². The molecule has 2 N–H and O–H groups in total. The standard InChI is InChI=1S/C40H48ClN5O7/c1-39(2)37(40(3,4)38(39)53-30-11-9-26(24-42)32(41)23-30)44-35(48)27-10-14-33(43-25-27)46-18-16-45(17-19-46)15-7-6-8-20-52-29-12-13-31(36(49)50)28(21-29)22-34(47)51-5/h9-14,21,23,25,37-38H,6-8,15-20,22H2,1-5H3,(H,44,48)(H,49,50). The summed E-state index contributed by atoms with van der Waals surface area (Å²) in [7, 11) is 1.27. The predicted octanol–water partition coefficient (Wildman–Crippen LogP) is 6.00. The minimum atomic E-state index is -1.10. The zero-order valence-electron chi connectivity index (χ0n) is 31.0. The third kappa shape index (κ3) is 9.21. The normalized spacial score (nSPS) is 19.0. The van der Waals surface area contributed by atoms with Crippen LogP contribution in [-0.2, 0) is 16.0 Å². The Balaban J connectivity index is 1.02. The van der Waals surface area contributed by atoms with Crippen molar-refractivity contribution in [1.82, 2.24) is 15.2 Å². The number of amides is 1. The second kappa shape index (κ2) is 16.9. The largest absolute Gasteiger partial charge is 0.494 e. The van der Waals surface area contributed by atoms with Gasteiger partial charge in [0.25, 0.3) is 5.91 Å². The molecule has 13 heteroatoms. The van der Waals surface area contributed by atoms with E-state index in [0.29, 0.717) is 39.8 Å². The SMILES string of the molecule is COC(=O)Cc1cc(OCCCCCN2CCN(c3ccc(C(=O)NC4C(C)(C)C(Oc5ccc(C#N)c(Cl)c5)C4(C)C)cn3)CC2)ccc1C(=O)O. The maximum atomic E-state index is 13.4. The lowest BCUT2D eigenvalue weighted by Crippen LogP contribution is -2.74. The number of unbranched alkanes of at least 4 members (excludes halogenated alkanes) is 2. The molecule has 1 saturated heterocycles. The van der Waals surface area contributed by atoms with Crippen LogP contribution in [0.5, 0.6) is 11.5 Å². The number of aromatic carboxylic acids is 1. The molecule has 0 atom stereocenters. The molecule has 1 aliphatic carbocycles. The number of nitrogens with one attached hydrogen (secondary N) is 1. The quantitative estimate of drug-likeness (QED) is 0.139. The molecule has 1 saturated carbocycles. The molecule has 1 aliphatic heterocycles. The monoisotopic (exact) mass is 745 g/mol. The number of pyridine rings is 1. The van der Waals surface area contributed by atoms with E-state index in [9.17, 15) is 24.8 Å². The van der Waals surface area contributed by atoms with Gasteiger partial charge < -0.3 is 29.5 Å². The van der Waals surface area contributed by atoms with Crippen LogP contribution in [0.3, 0.4) is 0 Å². The predicted molar refractivity (Wildman–Crippen MR) is 201 cm³/mol. The summed E-state index contributed by atoms with van der Waals surface area (Å²) in [5.74, 6) is 0.192. The summed E-state index contributed by atoms with van der Waals surface area (Å²) in [5.41, 5.74) is 0.596. The fourth-order valence-electron chi connectivity index (χ4n) is 7.76. The van der Waals surface area contributed by atoms with E-state index in [1.165, 1.54) is 13.2 Å². The number of aromatic nitrogens is 1. The van der Waals surface area contributed by atoms with Gasteiger partial charge >= 0.3 is 11.9 Å². The number of carbonyl (C=O) groups excluding carboxylic acids is 2. The van der Waals surface area contributed by atoms with Crippen molar-refractivity contribution in [2.24, 2.45) is 10.8 Å². The number of esters is 1. The van der Waals surface area contributed by atoms with Gasteiger partial charge in [0, 0.05) is 55.3 Å². The van der Waals surface area contributed by atoms with E-state index in [4.69, 9.17) is 21.1 Å². The van der Waals surface area contributed by atoms with E-state index in [-0.39, 0.29) is 40.9 Å². The van der Waals surface area contributed by atoms with Crippen LogP contribution in [0.1, 0.15) is 78.8 Å². The Labute approximate surface area is 316 Å². The van der Waals surface area contributed by atoms with Crippen LogP contribution in [0.2, 0.25) is 5.02 Å². The van der Waals surface area contributed by atoms with Gasteiger partial charge in [0.1, 0.15) is 29.5 Å². The zero-order chi connectivity index (χ0) is 38.3. The molecule has 53 heavy (non-hydrogen) atoms. The summed E-state index contributed by atoms with van der Waals surface area (Å²) < 4.78 is 16.9. The average molecular weight is 746 g/mol. The summed E-state index contributed by atoms with van der Waals surface area (Å²) >= 11 is 6.23. The van der Waals surface area contributed by atoms with Gasteiger partial charge in [0.15, 0.2) is 0 Å². The number of halogens is 1. The molecule has 0 radical (unpaired) electrons. The van der Waals surface area contributed by atoms with Gasteiger partial charge in [-0.1, -0.05) is 39.3 Å². The summed E-state index contributed by atoms with van der Waals surface area (Å²) in [6.45, 7) is 13.3. The van der Waals surface area contributed by atoms with E-state index in [0.717, 1.165) is 57.8 Å². The van der Waals surface area contributed by atoms with Gasteiger partial charge in [0.05, 0.1) is 41.9 Å². The number of hydrogen-bond donors (Lipinski definition) is 2. The molecule has 0 bridgehead atoms. The molecule has 2 aromatic carbocycles. The van der Waals surface area contributed by atoms with E-state index < -0.39 is 11.9 Å². The molecule has 5 rings (SSSR count). The lowest BCUT2D eigenvalue weighted by molar-refractivity contribution is -0.164. The van der Waals surface area contributed by atoms with Crippen molar-refractivity contribution in [3.05, 3.63) is 82.0 Å². The average Bonchev–Trinajstić information content (AvgIpc) is 3.14. The van der Waals surface area contributed by atoms with Crippen molar-refractivity contribution < 1.29 is 33.7 Å². The number of methoxy groups -OCH3 is 1. The highest BCUT2D eigenvalue weighted by Crippen LogP contribution is 2.55. The molecule has 1 amide bonds. The van der Waals surface area contributed by atoms with Gasteiger partial charge in [-0.05, 0) is 73.8 Å². The number of hydrogen-bond acceptors (Lipinski definition) is 10. The molecule has 0 unspecified atom stereocenters. The van der Waals surface area contributed by atoms with Crippen LogP contribution in [0.4, 0.5) is 5.82 Å². The minimum absolute atomic E-state index is 0.0614. The highest BCUT2D eigenvalue weighted by Gasteiger charge is 2.64. The molecule has 2 heterocycles. The van der Waals surface area contributed by atoms with Crippen LogP contribution >= 0.6 is 11.6 Å². The first-order valence-corrected chi connectivity index (χ1v) is 18.3. The van der Waals surface area contributed by atoms with Gasteiger partial charge in [-0.25, -0.2) is 9.78 Å². The Morgan fingerprint density at radius 3 is 2.32 bits per heavy atom. The second-order valence-corrected chi connectivity index (χ2v) is 15.2. The van der Waals surface area contributed by atoms with Gasteiger partial charge in [-0.2, -0.15) is 5.26 Å². The zero-order valence-corrected chi connectivity index (χ0v) is 31.7. The van der Waals surface area contributed by atoms with Gasteiger partial charge in [0.2, 0.25) is 0 Å². The number of piperazine rings is 1. The summed E-state index contributed by atoms with van der Waals surface area (Å²) in [6.07, 6.45) is 4.20. The number of carboxylic acids is 1. The highest BCUT2D eigenvalue weighted by molar-refractivity contribution is 6.31. The van der Waals surface area contributed by atoms with Crippen LogP contribution in [0.15, 0.2) is 54.7 Å². The highest BCUT2D eigenvalue weighted by atomic mass is 35.5. The van der Waals surface area contributed by atoms with Crippen LogP contribution < -0.4 is 19.7 Å². The number of rotatable bonds is 15. The van der Waals surface area contributed by atoms with Crippen LogP contribution in [0.25, 0.3) is 0 Å². The number of carboxylic acid groups (broad SMARTS) is 1. The van der Waals surface area contributed by atoms with Crippen molar-refractivity contribution >= 4 is 35.3 Å². The van der Waals surface area contributed by atoms with Crippen molar-refractivity contribution in [3.63, 3.8) is 0 Å². The fourth-order valence-corrected chi connectivity index (χ4v) is 7.98. The number of nitriles is 1. The maximum Gasteiger partial charge on any atom is 0.335 e. The fraction of sp³-hybridized carbons (Fsp3) is 0.475. The molecular formula is C40H48ClN5O7. The van der Waals surface area contributed by atoms with E-state index >= 15 is 0 Å². The Bertz CT molecular complexity index is 1820. The van der Waals surface area contributed by atoms with Gasteiger partial charge in [-0.15, -0.1) is 0 Å². The van der Waals surface area contributed by atoms with Gasteiger partial charge in [-0.3, -0.25) is 14.5 Å². The first kappa shape index (κ1) is 39.3. The number of carbonyl (C=O) groups is 3. The summed E-state index contributed by atoms with van der Waals surface area (Å²) in [6, 6.07) is 15.4. The molecule has 0 spiro atoms. The Hall–Kier alpha value is -4.86. The summed E-state index contributed by atoms with van der Waals surface area (Å²) in [5, 5.41) is 22.2. The smallest absolute Gasteiger partial charge is 0.335 e. The summed E-state index contributed by atoms with van der Waals surface area (Å²) in [4.78, 5) is 45.9. The Morgan fingerprint density at radius 1 is 0.981 bits per heavy atom. The molecule has 2 aliphatic rings. The Morgan fingerprint density at radius 2 is 1.70 bits per heavy atom. The molecule has 2 fully saturated rings. The van der Waals surface area contributed by atoms with Crippen molar-refractivity contribution in [2.75, 3.05) is 51.3 Å². The Kier molecular flexibility index (Phi) is 12.5. The molecule has 1 aromatic heterocycles. The molecular weight excluding hydrogens is 698 g/mol. The van der Waals surface area contributed by atoms with Crippen molar-refractivity contribution in [3.8, 4) is 17.6 Å². The topological polar surface area (TPSA) is 154 Å². The molecule has 282 valence electrons. The number of nitrogens with zero attached hydrogens (tertiary/aromatic N) is 4. The number of anilines is 1. The second-order valence-electron chi connectivity index (χ2n) is 14.8. The number of ether oxygens (including phenoxy) is 3. The first-order chi connectivity index (χ1) is 25.2. The van der Waals surface area contributed by atoms with E-state index in [1.54, 1.807) is 36.5 Å². The molecule has 12 nitrogen and oxygen atoms in total. The maximum absolute atomic E-state index is 13.4. The third-order valence-corrected chi connectivity index (χ3v) is 10.7. The lowest BCUT2D eigenvalue weighted by Gasteiger charge is -2.63. The third-order valence-electron chi connectivity index (χ3n) is 10.4. The van der Waals surface area contributed by atoms with Crippen LogP contribution in [-0.4, -0.2) is 91.4 Å². The minimum Gasteiger partial charge on any atom is -0.494 e. The van der Waals surface area contributed by atoms with Crippen molar-refractivity contribution in [2.45, 2.75) is 65.5 Å². The van der Waals surface area contributed by atoms with Crippen LogP contribution in [0, 0.1) is 22.2 Å². The molecule has 3 aromatic rings.